The summed E-state index contributed by atoms with van der Waals surface area (Å²) in [5, 5.41) is 3.81. The average Bonchev–Trinajstić information content (AvgIpc) is 2.61. The van der Waals surface area contributed by atoms with Gasteiger partial charge in [-0.05, 0) is 56.4 Å². The van der Waals surface area contributed by atoms with Crippen molar-refractivity contribution in [3.8, 4) is 0 Å². The van der Waals surface area contributed by atoms with Crippen molar-refractivity contribution in [2.24, 2.45) is 0 Å². The van der Waals surface area contributed by atoms with E-state index < -0.39 is 0 Å². The number of hydrogen-bond acceptors (Lipinski definition) is 3. The van der Waals surface area contributed by atoms with E-state index in [9.17, 15) is 4.79 Å². The van der Waals surface area contributed by atoms with Crippen molar-refractivity contribution in [1.82, 2.24) is 20.1 Å². The number of pyridine rings is 1. The molecule has 0 aliphatic rings. The Hall–Kier alpha value is -2.11. The first-order valence-corrected chi connectivity index (χ1v) is 8.74. The van der Waals surface area contributed by atoms with Crippen molar-refractivity contribution in [2.45, 2.75) is 13.0 Å². The highest BCUT2D eigenvalue weighted by Gasteiger charge is 2.20. The second-order valence-electron chi connectivity index (χ2n) is 6.10. The van der Waals surface area contributed by atoms with Crippen LogP contribution in [0.3, 0.4) is 0 Å². The molecule has 0 radical (unpaired) electrons. The molecule has 1 unspecified atom stereocenters. The van der Waals surface area contributed by atoms with Gasteiger partial charge in [0, 0.05) is 37.1 Å². The fraction of sp³-hybridized carbons (Fsp3) is 0.368. The van der Waals surface area contributed by atoms with Crippen LogP contribution in [-0.2, 0) is 0 Å². The Labute approximate surface area is 154 Å². The van der Waals surface area contributed by atoms with E-state index in [4.69, 9.17) is 11.6 Å². The molecule has 1 aromatic heterocycles. The van der Waals surface area contributed by atoms with E-state index in [1.165, 1.54) is 0 Å². The van der Waals surface area contributed by atoms with Crippen LogP contribution >= 0.6 is 11.6 Å². The first kappa shape index (κ1) is 19.2. The standard InChI is InChI=1S/C19H25ClN4O/c1-4-24(14-13-23(2)3)19(25)22-18(16-9-11-21-12-10-16)15-5-7-17(20)8-6-15/h5-12,18H,4,13-14H2,1-3H3,(H,22,25). The minimum absolute atomic E-state index is 0.0823. The first-order valence-electron chi connectivity index (χ1n) is 8.36. The number of carbonyl (C=O) groups is 1. The highest BCUT2D eigenvalue weighted by Crippen LogP contribution is 2.23. The van der Waals surface area contributed by atoms with Crippen LogP contribution in [0.15, 0.2) is 48.8 Å². The molecular weight excluding hydrogens is 336 g/mol. The summed E-state index contributed by atoms with van der Waals surface area (Å²) in [6.07, 6.45) is 3.46. The van der Waals surface area contributed by atoms with Gasteiger partial charge in [0.25, 0.3) is 0 Å². The number of urea groups is 1. The highest BCUT2D eigenvalue weighted by molar-refractivity contribution is 6.30. The van der Waals surface area contributed by atoms with E-state index in [0.29, 0.717) is 18.1 Å². The summed E-state index contributed by atoms with van der Waals surface area (Å²) in [6, 6.07) is 11.0. The predicted octanol–water partition coefficient (Wildman–Crippen LogP) is 3.42. The number of amides is 2. The quantitative estimate of drug-likeness (QED) is 0.823. The van der Waals surface area contributed by atoms with Crippen LogP contribution < -0.4 is 5.32 Å². The molecular formula is C19H25ClN4O. The molecule has 0 spiro atoms. The summed E-state index contributed by atoms with van der Waals surface area (Å²) in [4.78, 5) is 20.7. The number of likely N-dealkylation sites (N-methyl/N-ethyl adjacent to an activating group) is 2. The molecule has 6 heteroatoms. The van der Waals surface area contributed by atoms with Crippen molar-refractivity contribution in [2.75, 3.05) is 33.7 Å². The molecule has 1 atom stereocenters. The number of halogens is 1. The third-order valence-electron chi connectivity index (χ3n) is 4.00. The van der Waals surface area contributed by atoms with Gasteiger partial charge in [0.2, 0.25) is 0 Å². The van der Waals surface area contributed by atoms with Gasteiger partial charge >= 0.3 is 6.03 Å². The predicted molar refractivity (Wildman–Crippen MR) is 102 cm³/mol. The Morgan fingerprint density at radius 2 is 1.68 bits per heavy atom. The summed E-state index contributed by atoms with van der Waals surface area (Å²) in [7, 11) is 4.00. The molecule has 2 aromatic rings. The molecule has 0 aliphatic carbocycles. The molecule has 2 amide bonds. The minimum Gasteiger partial charge on any atom is -0.327 e. The van der Waals surface area contributed by atoms with E-state index in [-0.39, 0.29) is 12.1 Å². The van der Waals surface area contributed by atoms with Gasteiger partial charge in [0.15, 0.2) is 0 Å². The number of carbonyl (C=O) groups excluding carboxylic acids is 1. The van der Waals surface area contributed by atoms with Gasteiger partial charge in [0.05, 0.1) is 6.04 Å². The molecule has 134 valence electrons. The fourth-order valence-corrected chi connectivity index (χ4v) is 2.63. The Bertz CT molecular complexity index is 661. The van der Waals surface area contributed by atoms with E-state index in [1.807, 2.05) is 62.3 Å². The van der Waals surface area contributed by atoms with Gasteiger partial charge in [0.1, 0.15) is 0 Å². The topological polar surface area (TPSA) is 48.5 Å². The zero-order chi connectivity index (χ0) is 18.2. The smallest absolute Gasteiger partial charge is 0.318 e. The van der Waals surface area contributed by atoms with Gasteiger partial charge < -0.3 is 15.1 Å². The Morgan fingerprint density at radius 1 is 1.08 bits per heavy atom. The summed E-state index contributed by atoms with van der Waals surface area (Å²) in [6.45, 7) is 4.14. The zero-order valence-corrected chi connectivity index (χ0v) is 15.7. The highest BCUT2D eigenvalue weighted by atomic mass is 35.5. The van der Waals surface area contributed by atoms with Crippen LogP contribution in [-0.4, -0.2) is 54.5 Å². The molecule has 2 rings (SSSR count). The van der Waals surface area contributed by atoms with Crippen LogP contribution in [0.5, 0.6) is 0 Å². The Balaban J connectivity index is 2.21. The van der Waals surface area contributed by atoms with E-state index in [2.05, 4.69) is 15.2 Å². The van der Waals surface area contributed by atoms with Crippen LogP contribution in [0.25, 0.3) is 0 Å². The number of hydrogen-bond donors (Lipinski definition) is 1. The maximum atomic E-state index is 12.8. The number of nitrogens with zero attached hydrogens (tertiary/aromatic N) is 3. The summed E-state index contributed by atoms with van der Waals surface area (Å²) in [5.74, 6) is 0. The zero-order valence-electron chi connectivity index (χ0n) is 14.9. The van der Waals surface area contributed by atoms with E-state index in [0.717, 1.165) is 17.7 Å². The monoisotopic (exact) mass is 360 g/mol. The Morgan fingerprint density at radius 3 is 2.24 bits per heavy atom. The number of nitrogens with one attached hydrogen (secondary N) is 1. The van der Waals surface area contributed by atoms with Crippen molar-refractivity contribution in [3.63, 3.8) is 0 Å². The maximum absolute atomic E-state index is 12.8. The molecule has 1 aromatic carbocycles. The lowest BCUT2D eigenvalue weighted by atomic mass is 10.00. The largest absolute Gasteiger partial charge is 0.327 e. The SMILES string of the molecule is CCN(CCN(C)C)C(=O)NC(c1ccncc1)c1ccc(Cl)cc1. The number of aromatic nitrogens is 1. The van der Waals surface area contributed by atoms with Gasteiger partial charge in [-0.25, -0.2) is 4.79 Å². The third-order valence-corrected chi connectivity index (χ3v) is 4.25. The summed E-state index contributed by atoms with van der Waals surface area (Å²) < 4.78 is 0. The molecule has 1 heterocycles. The van der Waals surface area contributed by atoms with Crippen LogP contribution in [0.2, 0.25) is 5.02 Å². The normalized spacial score (nSPS) is 12.0. The lowest BCUT2D eigenvalue weighted by molar-refractivity contribution is 0.192. The lowest BCUT2D eigenvalue weighted by Gasteiger charge is -2.27. The molecule has 0 bridgehead atoms. The molecule has 5 nitrogen and oxygen atoms in total. The molecule has 1 N–H and O–H groups in total. The second-order valence-corrected chi connectivity index (χ2v) is 6.53. The van der Waals surface area contributed by atoms with E-state index in [1.54, 1.807) is 12.4 Å². The van der Waals surface area contributed by atoms with Crippen LogP contribution in [0.4, 0.5) is 4.79 Å². The maximum Gasteiger partial charge on any atom is 0.318 e. The minimum atomic E-state index is -0.249. The molecule has 0 aliphatic heterocycles. The first-order chi connectivity index (χ1) is 12.0. The van der Waals surface area contributed by atoms with Gasteiger partial charge in [-0.15, -0.1) is 0 Å². The summed E-state index contributed by atoms with van der Waals surface area (Å²) >= 11 is 6.00. The third kappa shape index (κ3) is 5.73. The van der Waals surface area contributed by atoms with Gasteiger partial charge in [-0.3, -0.25) is 4.98 Å². The van der Waals surface area contributed by atoms with Crippen molar-refractivity contribution < 1.29 is 4.79 Å². The van der Waals surface area contributed by atoms with Crippen molar-refractivity contribution in [1.29, 1.82) is 0 Å². The second kappa shape index (κ2) is 9.39. The van der Waals surface area contributed by atoms with Crippen LogP contribution in [0.1, 0.15) is 24.1 Å². The van der Waals surface area contributed by atoms with E-state index >= 15 is 0 Å². The van der Waals surface area contributed by atoms with Crippen molar-refractivity contribution >= 4 is 17.6 Å². The molecule has 0 saturated carbocycles. The van der Waals surface area contributed by atoms with Crippen molar-refractivity contribution in [3.05, 3.63) is 64.9 Å². The van der Waals surface area contributed by atoms with Crippen LogP contribution in [0, 0.1) is 0 Å². The van der Waals surface area contributed by atoms with Gasteiger partial charge in [-0.1, -0.05) is 23.7 Å². The van der Waals surface area contributed by atoms with Gasteiger partial charge in [-0.2, -0.15) is 0 Å². The lowest BCUT2D eigenvalue weighted by Crippen LogP contribution is -2.44. The molecule has 0 fully saturated rings. The Kier molecular flexibility index (Phi) is 7.22. The molecule has 0 saturated heterocycles. The summed E-state index contributed by atoms with van der Waals surface area (Å²) in [5.41, 5.74) is 1.96. The fourth-order valence-electron chi connectivity index (χ4n) is 2.51. The number of benzene rings is 1. The number of rotatable bonds is 7. The average molecular weight is 361 g/mol. The molecule has 25 heavy (non-hydrogen) atoms.